The van der Waals surface area contributed by atoms with Crippen LogP contribution in [-0.4, -0.2) is 45.2 Å². The van der Waals surface area contributed by atoms with Crippen molar-refractivity contribution in [1.82, 2.24) is 5.32 Å². The van der Waals surface area contributed by atoms with Crippen LogP contribution in [0.15, 0.2) is 46.2 Å². The molecule has 0 spiro atoms. The summed E-state index contributed by atoms with van der Waals surface area (Å²) in [5.41, 5.74) is 0.550. The highest BCUT2D eigenvalue weighted by atomic mass is 32.2. The number of rotatable bonds is 7. The van der Waals surface area contributed by atoms with Crippen molar-refractivity contribution in [1.29, 1.82) is 0 Å². The van der Waals surface area contributed by atoms with Gasteiger partial charge in [-0.2, -0.15) is 16.2 Å². The van der Waals surface area contributed by atoms with Gasteiger partial charge in [0.25, 0.3) is 0 Å². The molecule has 0 unspecified atom stereocenters. The standard InChI is InChI=1S/C19H18FNO5S2/c1-27-9-8-16(18(20)22)21-19(23)26-11-13-10-15-14-5-3-2-4-12(14)6-7-17(15)28(13,24)25/h2-7,10,16H,8-9,11H2,1H3,(H,21,23)/t16-/m0/s1. The summed E-state index contributed by atoms with van der Waals surface area (Å²) in [6, 6.07) is 7.63. The van der Waals surface area contributed by atoms with Crippen LogP contribution in [0.3, 0.4) is 0 Å². The number of carbonyl (C=O) groups excluding carboxylic acids is 2. The van der Waals surface area contributed by atoms with Gasteiger partial charge in [-0.3, -0.25) is 4.79 Å². The van der Waals surface area contributed by atoms with Gasteiger partial charge in [0.2, 0.25) is 9.84 Å². The minimum absolute atomic E-state index is 0.0683. The van der Waals surface area contributed by atoms with Crippen molar-refractivity contribution in [2.45, 2.75) is 17.4 Å². The Hall–Kier alpha value is -2.39. The lowest BCUT2D eigenvalue weighted by molar-refractivity contribution is -0.131. The number of halogens is 1. The fraction of sp³-hybridized carbons (Fsp3) is 0.263. The van der Waals surface area contributed by atoms with Gasteiger partial charge in [-0.1, -0.05) is 30.3 Å². The number of carbonyl (C=O) groups is 2. The van der Waals surface area contributed by atoms with Crippen LogP contribution in [0.4, 0.5) is 9.18 Å². The molecule has 0 aromatic heterocycles. The molecule has 1 aliphatic rings. The number of hydrogen-bond acceptors (Lipinski definition) is 6. The van der Waals surface area contributed by atoms with Crippen LogP contribution in [0, 0.1) is 0 Å². The molecular formula is C19H18FNO5S2. The topological polar surface area (TPSA) is 89.5 Å². The number of sulfone groups is 1. The molecule has 0 aliphatic carbocycles. The highest BCUT2D eigenvalue weighted by Crippen LogP contribution is 2.37. The van der Waals surface area contributed by atoms with Crippen molar-refractivity contribution in [3.8, 4) is 0 Å². The molecule has 0 fully saturated rings. The van der Waals surface area contributed by atoms with E-state index in [1.807, 2.05) is 24.3 Å². The predicted molar refractivity (Wildman–Crippen MR) is 106 cm³/mol. The van der Waals surface area contributed by atoms with E-state index in [-0.39, 0.29) is 16.2 Å². The first-order valence-electron chi connectivity index (χ1n) is 8.43. The molecule has 6 nitrogen and oxygen atoms in total. The molecule has 0 saturated carbocycles. The third-order valence-electron chi connectivity index (χ3n) is 4.39. The Morgan fingerprint density at radius 2 is 1.96 bits per heavy atom. The molecule has 148 valence electrons. The highest BCUT2D eigenvalue weighted by Gasteiger charge is 2.31. The lowest BCUT2D eigenvalue weighted by Gasteiger charge is -2.13. The predicted octanol–water partition coefficient (Wildman–Crippen LogP) is 3.31. The second-order valence-electron chi connectivity index (χ2n) is 6.17. The first-order chi connectivity index (χ1) is 13.3. The zero-order valence-electron chi connectivity index (χ0n) is 15.0. The van der Waals surface area contributed by atoms with E-state index in [4.69, 9.17) is 4.74 Å². The molecule has 1 aliphatic heterocycles. The van der Waals surface area contributed by atoms with E-state index < -0.39 is 34.6 Å². The molecule has 9 heteroatoms. The summed E-state index contributed by atoms with van der Waals surface area (Å²) in [4.78, 5) is 22.9. The monoisotopic (exact) mass is 423 g/mol. The van der Waals surface area contributed by atoms with E-state index >= 15 is 0 Å². The minimum Gasteiger partial charge on any atom is -0.444 e. The summed E-state index contributed by atoms with van der Waals surface area (Å²) in [5.74, 6) is 0.475. The average molecular weight is 423 g/mol. The van der Waals surface area contributed by atoms with Crippen molar-refractivity contribution in [3.63, 3.8) is 0 Å². The third-order valence-corrected chi connectivity index (χ3v) is 6.90. The zero-order valence-corrected chi connectivity index (χ0v) is 16.6. The Labute approximate surface area is 166 Å². The molecule has 0 radical (unpaired) electrons. The van der Waals surface area contributed by atoms with Crippen LogP contribution in [0.1, 0.15) is 12.0 Å². The molecule has 3 rings (SSSR count). The SMILES string of the molecule is CSCC[C@H](NC(=O)OCC1=Cc2c(ccc3ccccc23)S1(=O)=O)C(=O)F. The lowest BCUT2D eigenvalue weighted by atomic mass is 10.0. The Morgan fingerprint density at radius 1 is 1.21 bits per heavy atom. The second-order valence-corrected chi connectivity index (χ2v) is 9.13. The Kier molecular flexibility index (Phi) is 6.04. The number of thioether (sulfide) groups is 1. The van der Waals surface area contributed by atoms with Gasteiger partial charge < -0.3 is 10.1 Å². The smallest absolute Gasteiger partial charge is 0.408 e. The van der Waals surface area contributed by atoms with E-state index in [1.165, 1.54) is 23.9 Å². The van der Waals surface area contributed by atoms with E-state index in [0.717, 1.165) is 10.8 Å². The molecule has 28 heavy (non-hydrogen) atoms. The van der Waals surface area contributed by atoms with E-state index in [0.29, 0.717) is 11.3 Å². The summed E-state index contributed by atoms with van der Waals surface area (Å²) in [7, 11) is -3.78. The van der Waals surface area contributed by atoms with Crippen molar-refractivity contribution in [2.75, 3.05) is 18.6 Å². The minimum atomic E-state index is -3.78. The molecule has 1 heterocycles. The van der Waals surface area contributed by atoms with Crippen molar-refractivity contribution in [3.05, 3.63) is 46.9 Å². The quantitative estimate of drug-likeness (QED) is 0.688. The van der Waals surface area contributed by atoms with E-state index in [1.54, 1.807) is 12.3 Å². The first kappa shape index (κ1) is 20.3. The van der Waals surface area contributed by atoms with Gasteiger partial charge in [-0.25, -0.2) is 13.2 Å². The molecule has 1 N–H and O–H groups in total. The number of hydrogen-bond donors (Lipinski definition) is 1. The van der Waals surface area contributed by atoms with Gasteiger partial charge in [0.05, 0.1) is 9.80 Å². The maximum Gasteiger partial charge on any atom is 0.408 e. The number of nitrogens with one attached hydrogen (secondary N) is 1. The normalized spacial score (nSPS) is 15.6. The maximum absolute atomic E-state index is 13.0. The summed E-state index contributed by atoms with van der Waals surface area (Å²) in [6.45, 7) is -0.507. The third kappa shape index (κ3) is 4.05. The molecule has 2 aromatic carbocycles. The fourth-order valence-electron chi connectivity index (χ4n) is 2.96. The summed E-state index contributed by atoms with van der Waals surface area (Å²) in [6.07, 6.45) is 2.33. The van der Waals surface area contributed by atoms with E-state index in [2.05, 4.69) is 5.32 Å². The van der Waals surface area contributed by atoms with Gasteiger partial charge in [-0.05, 0) is 41.3 Å². The van der Waals surface area contributed by atoms with Crippen molar-refractivity contribution >= 4 is 50.6 Å². The van der Waals surface area contributed by atoms with Crippen molar-refractivity contribution < 1.29 is 27.1 Å². The van der Waals surface area contributed by atoms with Crippen LogP contribution in [0.25, 0.3) is 16.8 Å². The largest absolute Gasteiger partial charge is 0.444 e. The Bertz CT molecular complexity index is 1070. The van der Waals surface area contributed by atoms with Crippen LogP contribution in [-0.2, 0) is 19.4 Å². The summed E-state index contributed by atoms with van der Waals surface area (Å²) < 4.78 is 43.4. The lowest BCUT2D eigenvalue weighted by Crippen LogP contribution is -2.40. The van der Waals surface area contributed by atoms with E-state index in [9.17, 15) is 22.4 Å². The number of benzene rings is 2. The van der Waals surface area contributed by atoms with Crippen LogP contribution >= 0.6 is 11.8 Å². The van der Waals surface area contributed by atoms with Crippen LogP contribution in [0.5, 0.6) is 0 Å². The number of alkyl carbamates (subject to hydrolysis) is 1. The van der Waals surface area contributed by atoms with Crippen molar-refractivity contribution in [2.24, 2.45) is 0 Å². The Morgan fingerprint density at radius 3 is 2.68 bits per heavy atom. The number of ether oxygens (including phenoxy) is 1. The highest BCUT2D eigenvalue weighted by molar-refractivity contribution is 7.98. The van der Waals surface area contributed by atoms with Gasteiger partial charge in [0, 0.05) is 5.56 Å². The second kappa shape index (κ2) is 8.32. The molecular weight excluding hydrogens is 405 g/mol. The molecule has 2 aromatic rings. The molecule has 1 amide bonds. The van der Waals surface area contributed by atoms with Crippen LogP contribution in [0.2, 0.25) is 0 Å². The molecule has 0 bridgehead atoms. The average Bonchev–Trinajstić information content (AvgIpc) is 2.93. The molecule has 0 saturated heterocycles. The van der Waals surface area contributed by atoms with Gasteiger partial charge >= 0.3 is 12.1 Å². The zero-order chi connectivity index (χ0) is 20.3. The first-order valence-corrected chi connectivity index (χ1v) is 11.3. The van der Waals surface area contributed by atoms with Gasteiger partial charge in [0.15, 0.2) is 0 Å². The number of fused-ring (bicyclic) bond motifs is 3. The fourth-order valence-corrected chi connectivity index (χ4v) is 4.90. The maximum atomic E-state index is 13.0. The Balaban J connectivity index is 1.74. The number of amides is 1. The summed E-state index contributed by atoms with van der Waals surface area (Å²) in [5, 5.41) is 3.81. The molecule has 1 atom stereocenters. The van der Waals surface area contributed by atoms with Crippen LogP contribution < -0.4 is 5.32 Å². The summed E-state index contributed by atoms with van der Waals surface area (Å²) >= 11 is 1.40. The van der Waals surface area contributed by atoms with Gasteiger partial charge in [0.1, 0.15) is 12.6 Å². The van der Waals surface area contributed by atoms with Gasteiger partial charge in [-0.15, -0.1) is 0 Å².